The average Bonchev–Trinajstić information content (AvgIpc) is 3.20. The van der Waals surface area contributed by atoms with Gasteiger partial charge < -0.3 is 15.0 Å². The van der Waals surface area contributed by atoms with Gasteiger partial charge in [-0.05, 0) is 37.9 Å². The molecule has 1 fully saturated rings. The third kappa shape index (κ3) is 3.61. The minimum Gasteiger partial charge on any atom is -0.481 e. The van der Waals surface area contributed by atoms with Crippen LogP contribution in [0.4, 0.5) is 5.95 Å². The van der Waals surface area contributed by atoms with Crippen LogP contribution in [-0.2, 0) is 13.0 Å². The normalized spacial score (nSPS) is 19.3. The van der Waals surface area contributed by atoms with E-state index in [0.717, 1.165) is 62.9 Å². The predicted octanol–water partition coefficient (Wildman–Crippen LogP) is 2.05. The van der Waals surface area contributed by atoms with Crippen LogP contribution in [0, 0.1) is 0 Å². The molecule has 158 valence electrons. The molecule has 4 heterocycles. The van der Waals surface area contributed by atoms with Crippen molar-refractivity contribution in [1.82, 2.24) is 29.6 Å². The number of aromatic nitrogens is 4. The van der Waals surface area contributed by atoms with Crippen molar-refractivity contribution in [3.8, 4) is 5.88 Å². The predicted molar refractivity (Wildman–Crippen MR) is 116 cm³/mol. The SMILES string of the molecule is COc1cc2nc(CN(C)C3CCCc4cccnc43)cn2c(N2CCNCC2)n1. The Balaban J connectivity index is 1.44. The number of nitrogens with zero attached hydrogens (tertiary/aromatic N) is 6. The fourth-order valence-electron chi connectivity index (χ4n) is 4.65. The van der Waals surface area contributed by atoms with Crippen molar-refractivity contribution >= 4 is 11.6 Å². The second-order valence-corrected chi connectivity index (χ2v) is 8.17. The van der Waals surface area contributed by atoms with E-state index in [2.05, 4.69) is 38.8 Å². The molecule has 1 N–H and O–H groups in total. The summed E-state index contributed by atoms with van der Waals surface area (Å²) in [6, 6.07) is 6.50. The smallest absolute Gasteiger partial charge is 0.219 e. The zero-order chi connectivity index (χ0) is 20.5. The first-order valence-corrected chi connectivity index (χ1v) is 10.8. The highest BCUT2D eigenvalue weighted by atomic mass is 16.5. The highest BCUT2D eigenvalue weighted by molar-refractivity contribution is 5.51. The van der Waals surface area contributed by atoms with E-state index in [1.807, 2.05) is 18.3 Å². The van der Waals surface area contributed by atoms with Crippen LogP contribution in [0.3, 0.4) is 0 Å². The maximum Gasteiger partial charge on any atom is 0.219 e. The summed E-state index contributed by atoms with van der Waals surface area (Å²) in [7, 11) is 3.83. The van der Waals surface area contributed by atoms with E-state index in [1.165, 1.54) is 17.7 Å². The van der Waals surface area contributed by atoms with Crippen molar-refractivity contribution in [2.75, 3.05) is 45.2 Å². The lowest BCUT2D eigenvalue weighted by Gasteiger charge is -2.31. The van der Waals surface area contributed by atoms with E-state index in [0.29, 0.717) is 11.9 Å². The maximum absolute atomic E-state index is 5.45. The summed E-state index contributed by atoms with van der Waals surface area (Å²) in [6.45, 7) is 4.53. The lowest BCUT2D eigenvalue weighted by atomic mass is 9.91. The Bertz CT molecular complexity index is 1030. The van der Waals surface area contributed by atoms with E-state index >= 15 is 0 Å². The first-order valence-electron chi connectivity index (χ1n) is 10.8. The van der Waals surface area contributed by atoms with Crippen LogP contribution in [0.15, 0.2) is 30.6 Å². The molecule has 8 heteroatoms. The molecule has 0 saturated carbocycles. The van der Waals surface area contributed by atoms with Gasteiger partial charge in [-0.1, -0.05) is 6.07 Å². The Hall–Kier alpha value is -2.71. The number of nitrogens with one attached hydrogen (secondary N) is 1. The maximum atomic E-state index is 5.45. The van der Waals surface area contributed by atoms with Gasteiger partial charge in [0.05, 0.1) is 24.5 Å². The average molecular weight is 408 g/mol. The number of hydrogen-bond acceptors (Lipinski definition) is 7. The van der Waals surface area contributed by atoms with Crippen LogP contribution in [0.5, 0.6) is 5.88 Å². The van der Waals surface area contributed by atoms with E-state index < -0.39 is 0 Å². The molecule has 0 aromatic carbocycles. The van der Waals surface area contributed by atoms with Gasteiger partial charge in [0.1, 0.15) is 5.65 Å². The van der Waals surface area contributed by atoms with Crippen molar-refractivity contribution in [2.45, 2.75) is 31.8 Å². The monoisotopic (exact) mass is 407 g/mol. The van der Waals surface area contributed by atoms with Crippen LogP contribution >= 0.6 is 0 Å². The summed E-state index contributed by atoms with van der Waals surface area (Å²) in [5.41, 5.74) is 4.51. The first kappa shape index (κ1) is 19.3. The standard InChI is InChI=1S/C22H29N7O/c1-27(18-7-3-5-16-6-4-8-24-21(16)18)14-17-15-29-19(25-17)13-20(30-2)26-22(29)28-11-9-23-10-12-28/h4,6,8,13,15,18,23H,3,5,7,9-12,14H2,1-2H3. The number of ether oxygens (including phenoxy) is 1. The number of imidazole rings is 1. The van der Waals surface area contributed by atoms with Crippen LogP contribution < -0.4 is 15.0 Å². The Morgan fingerprint density at radius 2 is 2.13 bits per heavy atom. The molecule has 1 unspecified atom stereocenters. The molecule has 1 saturated heterocycles. The molecule has 5 rings (SSSR count). The Morgan fingerprint density at radius 3 is 2.97 bits per heavy atom. The van der Waals surface area contributed by atoms with Crippen LogP contribution in [-0.4, -0.2) is 64.6 Å². The van der Waals surface area contributed by atoms with E-state index in [-0.39, 0.29) is 0 Å². The lowest BCUT2D eigenvalue weighted by Crippen LogP contribution is -2.44. The molecule has 3 aromatic rings. The van der Waals surface area contributed by atoms with Gasteiger partial charge in [-0.2, -0.15) is 4.98 Å². The summed E-state index contributed by atoms with van der Waals surface area (Å²) >= 11 is 0. The minimum atomic E-state index is 0.333. The molecular weight excluding hydrogens is 378 g/mol. The van der Waals surface area contributed by atoms with Gasteiger partial charge >= 0.3 is 0 Å². The first-order chi connectivity index (χ1) is 14.7. The second-order valence-electron chi connectivity index (χ2n) is 8.17. The van der Waals surface area contributed by atoms with Crippen LogP contribution in [0.25, 0.3) is 5.65 Å². The van der Waals surface area contributed by atoms with Gasteiger partial charge in [0.25, 0.3) is 0 Å². The van der Waals surface area contributed by atoms with Crippen molar-refractivity contribution in [2.24, 2.45) is 0 Å². The number of piperazine rings is 1. The van der Waals surface area contributed by atoms with Gasteiger partial charge in [0, 0.05) is 51.2 Å². The quantitative estimate of drug-likeness (QED) is 0.694. The number of aryl methyl sites for hydroxylation is 1. The molecule has 8 nitrogen and oxygen atoms in total. The molecule has 0 amide bonds. The number of pyridine rings is 1. The minimum absolute atomic E-state index is 0.333. The van der Waals surface area contributed by atoms with E-state index in [1.54, 1.807) is 7.11 Å². The lowest BCUT2D eigenvalue weighted by molar-refractivity contribution is 0.206. The number of fused-ring (bicyclic) bond motifs is 2. The summed E-state index contributed by atoms with van der Waals surface area (Å²) in [5, 5.41) is 3.40. The van der Waals surface area contributed by atoms with Crippen molar-refractivity contribution < 1.29 is 4.74 Å². The summed E-state index contributed by atoms with van der Waals surface area (Å²) < 4.78 is 7.55. The topological polar surface area (TPSA) is 70.8 Å². The Labute approximate surface area is 176 Å². The van der Waals surface area contributed by atoms with E-state index in [4.69, 9.17) is 19.7 Å². The van der Waals surface area contributed by atoms with Gasteiger partial charge in [0.2, 0.25) is 11.8 Å². The fourth-order valence-corrected chi connectivity index (χ4v) is 4.65. The number of anilines is 1. The molecule has 2 aliphatic rings. The van der Waals surface area contributed by atoms with Crippen LogP contribution in [0.2, 0.25) is 0 Å². The third-order valence-corrected chi connectivity index (χ3v) is 6.18. The Kier molecular flexibility index (Phi) is 5.26. The molecule has 1 aliphatic carbocycles. The third-order valence-electron chi connectivity index (χ3n) is 6.18. The number of hydrogen-bond donors (Lipinski definition) is 1. The van der Waals surface area contributed by atoms with E-state index in [9.17, 15) is 0 Å². The molecule has 0 bridgehead atoms. The second kappa shape index (κ2) is 8.20. The largest absolute Gasteiger partial charge is 0.481 e. The number of methoxy groups -OCH3 is 1. The Morgan fingerprint density at radius 1 is 1.27 bits per heavy atom. The highest BCUT2D eigenvalue weighted by Crippen LogP contribution is 2.32. The van der Waals surface area contributed by atoms with Crippen molar-refractivity contribution in [3.05, 3.63) is 47.5 Å². The molecule has 0 radical (unpaired) electrons. The van der Waals surface area contributed by atoms with Gasteiger partial charge in [-0.3, -0.25) is 14.3 Å². The highest BCUT2D eigenvalue weighted by Gasteiger charge is 2.26. The molecule has 1 aliphatic heterocycles. The summed E-state index contributed by atoms with van der Waals surface area (Å²) in [4.78, 5) is 19.0. The fraction of sp³-hybridized carbons (Fsp3) is 0.500. The summed E-state index contributed by atoms with van der Waals surface area (Å²) in [5.74, 6) is 1.50. The molecule has 30 heavy (non-hydrogen) atoms. The zero-order valence-corrected chi connectivity index (χ0v) is 17.7. The van der Waals surface area contributed by atoms with Crippen LogP contribution in [0.1, 0.15) is 35.8 Å². The van der Waals surface area contributed by atoms with Crippen molar-refractivity contribution in [1.29, 1.82) is 0 Å². The number of rotatable bonds is 5. The summed E-state index contributed by atoms with van der Waals surface area (Å²) in [6.07, 6.45) is 7.50. The molecule has 0 spiro atoms. The molecule has 3 aromatic heterocycles. The zero-order valence-electron chi connectivity index (χ0n) is 17.7. The molecule has 1 atom stereocenters. The van der Waals surface area contributed by atoms with Gasteiger partial charge in [-0.25, -0.2) is 4.98 Å². The van der Waals surface area contributed by atoms with Gasteiger partial charge in [0.15, 0.2) is 0 Å². The van der Waals surface area contributed by atoms with Gasteiger partial charge in [-0.15, -0.1) is 0 Å². The van der Waals surface area contributed by atoms with Crippen molar-refractivity contribution in [3.63, 3.8) is 0 Å². The molecular formula is C22H29N7O.